The molecule has 0 unspecified atom stereocenters. The van der Waals surface area contributed by atoms with Crippen LogP contribution >= 0.6 is 0 Å². The van der Waals surface area contributed by atoms with E-state index in [1.165, 1.54) is 14.2 Å². The number of nitrogens with one attached hydrogen (secondary N) is 1. The van der Waals surface area contributed by atoms with E-state index in [0.29, 0.717) is 5.69 Å². The predicted octanol–water partition coefficient (Wildman–Crippen LogP) is 1.03. The zero-order valence-corrected chi connectivity index (χ0v) is 9.27. The summed E-state index contributed by atoms with van der Waals surface area (Å²) >= 11 is 0. The topological polar surface area (TPSA) is 58.6 Å². The normalized spacial score (nSPS) is 9.62. The second-order valence-corrected chi connectivity index (χ2v) is 3.16. The van der Waals surface area contributed by atoms with E-state index in [2.05, 4.69) is 10.2 Å². The van der Waals surface area contributed by atoms with E-state index in [1.807, 2.05) is 6.07 Å². The van der Waals surface area contributed by atoms with E-state index in [1.54, 1.807) is 24.3 Å². The van der Waals surface area contributed by atoms with Crippen molar-refractivity contribution in [2.24, 2.45) is 0 Å². The van der Waals surface area contributed by atoms with Crippen molar-refractivity contribution in [2.45, 2.75) is 6.42 Å². The van der Waals surface area contributed by atoms with Gasteiger partial charge in [-0.3, -0.25) is 14.4 Å². The van der Waals surface area contributed by atoms with E-state index in [-0.39, 0.29) is 12.3 Å². The first-order valence-corrected chi connectivity index (χ1v) is 4.79. The van der Waals surface area contributed by atoms with Crippen LogP contribution in [-0.2, 0) is 14.4 Å². The number of carbonyl (C=O) groups is 2. The standard InChI is InChI=1S/C11H14N2O3/c1-13(16-2)11(15)8-10(14)12-9-6-4-3-5-7-9/h3-7H,8H2,1-2H3,(H,12,14). The molecule has 1 aromatic rings. The second-order valence-electron chi connectivity index (χ2n) is 3.16. The van der Waals surface area contributed by atoms with Gasteiger partial charge >= 0.3 is 0 Å². The minimum Gasteiger partial charge on any atom is -0.326 e. The van der Waals surface area contributed by atoms with Gasteiger partial charge in [-0.05, 0) is 12.1 Å². The SMILES string of the molecule is CON(C)C(=O)CC(=O)Nc1ccccc1. The maximum Gasteiger partial charge on any atom is 0.255 e. The number of nitrogens with zero attached hydrogens (tertiary/aromatic N) is 1. The van der Waals surface area contributed by atoms with Crippen molar-refractivity contribution >= 4 is 17.5 Å². The first-order chi connectivity index (χ1) is 7.63. The van der Waals surface area contributed by atoms with Crippen LogP contribution in [0.2, 0.25) is 0 Å². The second kappa shape index (κ2) is 5.87. The van der Waals surface area contributed by atoms with E-state index in [0.717, 1.165) is 5.06 Å². The number of anilines is 1. The highest BCUT2D eigenvalue weighted by Gasteiger charge is 2.13. The molecule has 86 valence electrons. The molecular formula is C11H14N2O3. The molecule has 0 saturated carbocycles. The molecule has 0 bridgehead atoms. The monoisotopic (exact) mass is 222 g/mol. The Kier molecular flexibility index (Phi) is 4.47. The molecule has 1 rings (SSSR count). The third-order valence-electron chi connectivity index (χ3n) is 1.99. The van der Waals surface area contributed by atoms with Crippen molar-refractivity contribution < 1.29 is 14.4 Å². The van der Waals surface area contributed by atoms with Crippen molar-refractivity contribution in [3.05, 3.63) is 30.3 Å². The average Bonchev–Trinajstić information content (AvgIpc) is 2.29. The van der Waals surface area contributed by atoms with Crippen molar-refractivity contribution in [2.75, 3.05) is 19.5 Å². The number of hydrogen-bond acceptors (Lipinski definition) is 3. The summed E-state index contributed by atoms with van der Waals surface area (Å²) in [7, 11) is 2.82. The van der Waals surface area contributed by atoms with Crippen molar-refractivity contribution in [3.8, 4) is 0 Å². The van der Waals surface area contributed by atoms with E-state index in [4.69, 9.17) is 0 Å². The summed E-state index contributed by atoms with van der Waals surface area (Å²) < 4.78 is 0. The molecular weight excluding hydrogens is 208 g/mol. The van der Waals surface area contributed by atoms with Crippen LogP contribution in [-0.4, -0.2) is 31.0 Å². The maximum atomic E-state index is 11.4. The first kappa shape index (κ1) is 12.2. The summed E-state index contributed by atoms with van der Waals surface area (Å²) in [6, 6.07) is 8.96. The van der Waals surface area contributed by atoms with Crippen LogP contribution < -0.4 is 5.32 Å². The van der Waals surface area contributed by atoms with Gasteiger partial charge in [0.15, 0.2) is 0 Å². The van der Waals surface area contributed by atoms with Gasteiger partial charge < -0.3 is 5.32 Å². The number of benzene rings is 1. The third kappa shape index (κ3) is 3.70. The molecule has 0 aliphatic heterocycles. The van der Waals surface area contributed by atoms with Crippen LogP contribution in [0.25, 0.3) is 0 Å². The lowest BCUT2D eigenvalue weighted by Crippen LogP contribution is -2.29. The number of para-hydroxylation sites is 1. The predicted molar refractivity (Wildman–Crippen MR) is 59.5 cm³/mol. The van der Waals surface area contributed by atoms with Gasteiger partial charge in [-0.1, -0.05) is 18.2 Å². The number of carbonyl (C=O) groups excluding carboxylic acids is 2. The molecule has 16 heavy (non-hydrogen) atoms. The largest absolute Gasteiger partial charge is 0.326 e. The Morgan fingerprint density at radius 3 is 2.50 bits per heavy atom. The Morgan fingerprint density at radius 1 is 1.31 bits per heavy atom. The molecule has 0 radical (unpaired) electrons. The minimum absolute atomic E-state index is 0.237. The minimum atomic E-state index is -0.393. The summed E-state index contributed by atoms with van der Waals surface area (Å²) in [6.07, 6.45) is -0.237. The molecule has 0 atom stereocenters. The van der Waals surface area contributed by atoms with Gasteiger partial charge in [0.05, 0.1) is 7.11 Å². The lowest BCUT2D eigenvalue weighted by Gasteiger charge is -2.13. The molecule has 1 aromatic carbocycles. The lowest BCUT2D eigenvalue weighted by molar-refractivity contribution is -0.169. The van der Waals surface area contributed by atoms with Crippen LogP contribution in [0.3, 0.4) is 0 Å². The summed E-state index contributed by atoms with van der Waals surface area (Å²) in [5, 5.41) is 3.63. The Hall–Kier alpha value is -1.88. The molecule has 5 nitrogen and oxygen atoms in total. The number of rotatable bonds is 4. The quantitative estimate of drug-likeness (QED) is 0.611. The van der Waals surface area contributed by atoms with Gasteiger partial charge in [-0.15, -0.1) is 0 Å². The molecule has 0 spiro atoms. The zero-order chi connectivity index (χ0) is 12.0. The molecule has 1 N–H and O–H groups in total. The summed E-state index contributed by atoms with van der Waals surface area (Å²) in [5.41, 5.74) is 0.667. The highest BCUT2D eigenvalue weighted by atomic mass is 16.7. The van der Waals surface area contributed by atoms with Crippen LogP contribution in [0.15, 0.2) is 30.3 Å². The van der Waals surface area contributed by atoms with Gasteiger partial charge in [0.25, 0.3) is 5.91 Å². The molecule has 0 aromatic heterocycles. The molecule has 0 saturated heterocycles. The smallest absolute Gasteiger partial charge is 0.255 e. The summed E-state index contributed by atoms with van der Waals surface area (Å²) in [4.78, 5) is 27.4. The number of amides is 2. The van der Waals surface area contributed by atoms with Crippen LogP contribution in [0.4, 0.5) is 5.69 Å². The fourth-order valence-electron chi connectivity index (χ4n) is 1.08. The van der Waals surface area contributed by atoms with Gasteiger partial charge in [0.1, 0.15) is 6.42 Å². The maximum absolute atomic E-state index is 11.4. The van der Waals surface area contributed by atoms with Gasteiger partial charge in [-0.2, -0.15) is 0 Å². The van der Waals surface area contributed by atoms with E-state index < -0.39 is 5.91 Å². The molecule has 0 aliphatic rings. The fourth-order valence-corrected chi connectivity index (χ4v) is 1.08. The number of hydroxylamine groups is 2. The van der Waals surface area contributed by atoms with Crippen LogP contribution in [0.1, 0.15) is 6.42 Å². The van der Waals surface area contributed by atoms with Gasteiger partial charge in [-0.25, -0.2) is 5.06 Å². The number of hydrogen-bond donors (Lipinski definition) is 1. The Balaban J connectivity index is 2.46. The fraction of sp³-hybridized carbons (Fsp3) is 0.273. The molecule has 5 heteroatoms. The van der Waals surface area contributed by atoms with Crippen molar-refractivity contribution in [1.82, 2.24) is 5.06 Å². The molecule has 0 aliphatic carbocycles. The lowest BCUT2D eigenvalue weighted by atomic mass is 10.3. The summed E-state index contributed by atoms with van der Waals surface area (Å²) in [6.45, 7) is 0. The van der Waals surface area contributed by atoms with Crippen molar-refractivity contribution in [1.29, 1.82) is 0 Å². The first-order valence-electron chi connectivity index (χ1n) is 4.79. The molecule has 2 amide bonds. The molecule has 0 heterocycles. The highest BCUT2D eigenvalue weighted by Crippen LogP contribution is 2.05. The van der Waals surface area contributed by atoms with Gasteiger partial charge in [0, 0.05) is 12.7 Å². The van der Waals surface area contributed by atoms with Gasteiger partial charge in [0.2, 0.25) is 5.91 Å². The van der Waals surface area contributed by atoms with Crippen molar-refractivity contribution in [3.63, 3.8) is 0 Å². The third-order valence-corrected chi connectivity index (χ3v) is 1.99. The van der Waals surface area contributed by atoms with E-state index >= 15 is 0 Å². The Morgan fingerprint density at radius 2 is 1.94 bits per heavy atom. The Bertz CT molecular complexity index is 365. The molecule has 0 fully saturated rings. The van der Waals surface area contributed by atoms with Crippen LogP contribution in [0.5, 0.6) is 0 Å². The van der Waals surface area contributed by atoms with E-state index in [9.17, 15) is 9.59 Å². The van der Waals surface area contributed by atoms with Crippen LogP contribution in [0, 0.1) is 0 Å². The Labute approximate surface area is 94.0 Å². The highest BCUT2D eigenvalue weighted by molar-refractivity contribution is 6.03. The average molecular weight is 222 g/mol. The zero-order valence-electron chi connectivity index (χ0n) is 9.27. The summed E-state index contributed by atoms with van der Waals surface area (Å²) in [5.74, 6) is -0.754.